The van der Waals surface area contributed by atoms with E-state index in [0.29, 0.717) is 5.52 Å². The van der Waals surface area contributed by atoms with Gasteiger partial charge < -0.3 is 4.57 Å². The number of nitrogens with zero attached hydrogens (tertiary/aromatic N) is 3. The molecule has 14 heavy (non-hydrogen) atoms. The molecule has 2 aromatic heterocycles. The van der Waals surface area contributed by atoms with Crippen molar-refractivity contribution < 1.29 is 4.39 Å². The van der Waals surface area contributed by atoms with Crippen molar-refractivity contribution in [2.45, 2.75) is 19.9 Å². The van der Waals surface area contributed by atoms with Crippen LogP contribution in [0.2, 0.25) is 5.15 Å². The first-order valence-corrected chi connectivity index (χ1v) is 4.66. The average molecular weight is 214 g/mol. The Labute approximate surface area is 85.5 Å². The summed E-state index contributed by atoms with van der Waals surface area (Å²) >= 11 is 5.67. The Morgan fingerprint density at radius 2 is 2.21 bits per heavy atom. The van der Waals surface area contributed by atoms with Crippen molar-refractivity contribution in [3.8, 4) is 0 Å². The van der Waals surface area contributed by atoms with Gasteiger partial charge in [0, 0.05) is 12.1 Å². The molecule has 0 aliphatic carbocycles. The van der Waals surface area contributed by atoms with E-state index >= 15 is 0 Å². The van der Waals surface area contributed by atoms with Crippen molar-refractivity contribution in [2.24, 2.45) is 0 Å². The van der Waals surface area contributed by atoms with Crippen LogP contribution in [0.5, 0.6) is 0 Å². The predicted octanol–water partition coefficient (Wildman–Crippen LogP) is 2.80. The average Bonchev–Trinajstić information content (AvgIpc) is 2.47. The topological polar surface area (TPSA) is 30.7 Å². The number of pyridine rings is 1. The van der Waals surface area contributed by atoms with Gasteiger partial charge in [-0.1, -0.05) is 11.6 Å². The summed E-state index contributed by atoms with van der Waals surface area (Å²) in [5.74, 6) is -0.619. The maximum atomic E-state index is 13.3. The number of imidazole rings is 1. The lowest BCUT2D eigenvalue weighted by atomic mass is 10.3. The number of fused-ring (bicyclic) bond motifs is 1. The first-order valence-electron chi connectivity index (χ1n) is 4.28. The number of hydrogen-bond acceptors (Lipinski definition) is 2. The molecule has 0 saturated carbocycles. The zero-order valence-corrected chi connectivity index (χ0v) is 8.59. The van der Waals surface area contributed by atoms with Crippen molar-refractivity contribution in [3.63, 3.8) is 0 Å². The molecule has 0 saturated heterocycles. The van der Waals surface area contributed by atoms with E-state index in [1.807, 2.05) is 18.4 Å². The van der Waals surface area contributed by atoms with Gasteiger partial charge in [-0.05, 0) is 13.8 Å². The van der Waals surface area contributed by atoms with E-state index in [2.05, 4.69) is 9.97 Å². The van der Waals surface area contributed by atoms with Gasteiger partial charge in [-0.3, -0.25) is 0 Å². The van der Waals surface area contributed by atoms with Gasteiger partial charge >= 0.3 is 0 Å². The highest BCUT2D eigenvalue weighted by Crippen LogP contribution is 2.21. The molecule has 0 radical (unpaired) electrons. The lowest BCUT2D eigenvalue weighted by Gasteiger charge is -2.07. The van der Waals surface area contributed by atoms with Crippen molar-refractivity contribution in [1.82, 2.24) is 14.5 Å². The van der Waals surface area contributed by atoms with Gasteiger partial charge in [0.15, 0.2) is 0 Å². The third-order valence-electron chi connectivity index (χ3n) is 2.04. The molecule has 0 aromatic carbocycles. The second-order valence-electron chi connectivity index (χ2n) is 3.35. The highest BCUT2D eigenvalue weighted by atomic mass is 35.5. The largest absolute Gasteiger partial charge is 0.328 e. The van der Waals surface area contributed by atoms with E-state index in [1.54, 1.807) is 12.4 Å². The fourth-order valence-corrected chi connectivity index (χ4v) is 1.55. The van der Waals surface area contributed by atoms with E-state index in [0.717, 1.165) is 0 Å². The van der Waals surface area contributed by atoms with E-state index in [4.69, 9.17) is 11.6 Å². The fourth-order valence-electron chi connectivity index (χ4n) is 1.38. The summed E-state index contributed by atoms with van der Waals surface area (Å²) in [6, 6.07) is 1.84. The molecule has 0 spiro atoms. The molecule has 0 amide bonds. The Bertz CT molecular complexity index is 478. The zero-order valence-electron chi connectivity index (χ0n) is 7.83. The third-order valence-corrected chi connectivity index (χ3v) is 2.24. The summed E-state index contributed by atoms with van der Waals surface area (Å²) < 4.78 is 15.1. The minimum atomic E-state index is -0.619. The van der Waals surface area contributed by atoms with Crippen LogP contribution in [0.25, 0.3) is 11.0 Å². The van der Waals surface area contributed by atoms with Crippen molar-refractivity contribution >= 4 is 22.6 Å². The molecule has 0 atom stereocenters. The number of halogens is 2. The lowest BCUT2D eigenvalue weighted by molar-refractivity contribution is 0.593. The molecular formula is C9H9ClFN3. The summed E-state index contributed by atoms with van der Waals surface area (Å²) in [7, 11) is 0. The van der Waals surface area contributed by atoms with Crippen LogP contribution in [0.1, 0.15) is 19.9 Å². The molecule has 3 nitrogen and oxygen atoms in total. The lowest BCUT2D eigenvalue weighted by Crippen LogP contribution is -1.98. The molecule has 2 heterocycles. The third kappa shape index (κ3) is 1.35. The minimum Gasteiger partial charge on any atom is -0.328 e. The van der Waals surface area contributed by atoms with Crippen LogP contribution in [0.15, 0.2) is 12.4 Å². The summed E-state index contributed by atoms with van der Waals surface area (Å²) in [5.41, 5.74) is 0.945. The minimum absolute atomic E-state index is 0.150. The molecule has 2 aromatic rings. The van der Waals surface area contributed by atoms with Gasteiger partial charge in [0.2, 0.25) is 5.95 Å². The van der Waals surface area contributed by atoms with Crippen LogP contribution in [0.3, 0.4) is 0 Å². The molecule has 0 N–H and O–H groups in total. The summed E-state index contributed by atoms with van der Waals surface area (Å²) in [5, 5.41) is 0.150. The smallest absolute Gasteiger partial charge is 0.242 e. The van der Waals surface area contributed by atoms with E-state index in [9.17, 15) is 4.39 Å². The first-order chi connectivity index (χ1) is 6.59. The first kappa shape index (κ1) is 9.40. The van der Waals surface area contributed by atoms with Gasteiger partial charge in [-0.2, -0.15) is 4.39 Å². The maximum absolute atomic E-state index is 13.3. The molecule has 0 fully saturated rings. The van der Waals surface area contributed by atoms with E-state index < -0.39 is 5.95 Å². The van der Waals surface area contributed by atoms with Crippen molar-refractivity contribution in [2.75, 3.05) is 0 Å². The van der Waals surface area contributed by atoms with Crippen LogP contribution in [-0.4, -0.2) is 14.5 Å². The summed E-state index contributed by atoms with van der Waals surface area (Å²) in [4.78, 5) is 7.44. The van der Waals surface area contributed by atoms with Crippen LogP contribution < -0.4 is 0 Å². The molecular weight excluding hydrogens is 205 g/mol. The van der Waals surface area contributed by atoms with Crippen LogP contribution >= 0.6 is 11.6 Å². The number of aromatic nitrogens is 3. The number of hydrogen-bond donors (Lipinski definition) is 0. The summed E-state index contributed by atoms with van der Waals surface area (Å²) in [6.45, 7) is 3.99. The molecule has 0 aliphatic heterocycles. The van der Waals surface area contributed by atoms with Crippen LogP contribution in [0, 0.1) is 5.95 Å². The summed E-state index contributed by atoms with van der Waals surface area (Å²) in [6.07, 6.45) is 1.59. The molecule has 74 valence electrons. The van der Waals surface area contributed by atoms with E-state index in [1.165, 1.54) is 0 Å². The maximum Gasteiger partial charge on any atom is 0.242 e. The van der Waals surface area contributed by atoms with Crippen LogP contribution in [0.4, 0.5) is 4.39 Å². The SMILES string of the molecule is CC(C)n1cnc2c(F)nc(Cl)cc21. The standard InChI is InChI=1S/C9H9ClFN3/c1-5(2)14-4-12-8-6(14)3-7(10)13-9(8)11/h3-5H,1-2H3. The van der Waals surface area contributed by atoms with Crippen LogP contribution in [-0.2, 0) is 0 Å². The molecule has 0 aliphatic rings. The van der Waals surface area contributed by atoms with Gasteiger partial charge in [0.1, 0.15) is 10.7 Å². The Kier molecular flexibility index (Phi) is 2.15. The molecule has 0 bridgehead atoms. The van der Waals surface area contributed by atoms with Crippen molar-refractivity contribution in [1.29, 1.82) is 0 Å². The Morgan fingerprint density at radius 3 is 2.86 bits per heavy atom. The second kappa shape index (κ2) is 3.20. The fraction of sp³-hybridized carbons (Fsp3) is 0.333. The highest BCUT2D eigenvalue weighted by Gasteiger charge is 2.11. The van der Waals surface area contributed by atoms with Gasteiger partial charge in [-0.25, -0.2) is 9.97 Å². The normalized spacial score (nSPS) is 11.5. The Balaban J connectivity index is 2.78. The van der Waals surface area contributed by atoms with Crippen molar-refractivity contribution in [3.05, 3.63) is 23.5 Å². The molecule has 0 unspecified atom stereocenters. The monoisotopic (exact) mass is 213 g/mol. The molecule has 2 rings (SSSR count). The zero-order chi connectivity index (χ0) is 10.3. The molecule has 5 heteroatoms. The van der Waals surface area contributed by atoms with Gasteiger partial charge in [0.05, 0.1) is 11.8 Å². The van der Waals surface area contributed by atoms with Gasteiger partial charge in [-0.15, -0.1) is 0 Å². The Morgan fingerprint density at radius 1 is 1.50 bits per heavy atom. The van der Waals surface area contributed by atoms with Gasteiger partial charge in [0.25, 0.3) is 0 Å². The predicted molar refractivity (Wildman–Crippen MR) is 52.9 cm³/mol. The van der Waals surface area contributed by atoms with E-state index in [-0.39, 0.29) is 16.7 Å². The highest BCUT2D eigenvalue weighted by molar-refractivity contribution is 6.29. The number of rotatable bonds is 1. The quantitative estimate of drug-likeness (QED) is 0.682. The Hall–Kier alpha value is -1.16. The second-order valence-corrected chi connectivity index (χ2v) is 3.74.